The van der Waals surface area contributed by atoms with Crippen LogP contribution in [0.3, 0.4) is 0 Å². The third kappa shape index (κ3) is 4.93. The number of amides is 1. The van der Waals surface area contributed by atoms with Crippen molar-refractivity contribution >= 4 is 33.4 Å². The van der Waals surface area contributed by atoms with E-state index in [4.69, 9.17) is 9.72 Å². The molecule has 1 saturated heterocycles. The molecule has 4 aromatic rings. The van der Waals surface area contributed by atoms with Gasteiger partial charge in [0.1, 0.15) is 10.4 Å². The van der Waals surface area contributed by atoms with Gasteiger partial charge in [0.15, 0.2) is 0 Å². The van der Waals surface area contributed by atoms with Crippen LogP contribution in [0.2, 0.25) is 0 Å². The lowest BCUT2D eigenvalue weighted by Crippen LogP contribution is -2.44. The molecule has 5 rings (SSSR count). The van der Waals surface area contributed by atoms with Crippen molar-refractivity contribution in [3.8, 4) is 16.9 Å². The van der Waals surface area contributed by atoms with E-state index in [1.807, 2.05) is 71.8 Å². The number of anilines is 1. The summed E-state index contributed by atoms with van der Waals surface area (Å²) in [6.07, 6.45) is 1.65. The first kappa shape index (κ1) is 23.1. The second-order valence-electron chi connectivity index (χ2n) is 8.63. The largest absolute Gasteiger partial charge is 0.494 e. The van der Waals surface area contributed by atoms with Crippen LogP contribution in [0.1, 0.15) is 25.3 Å². The Morgan fingerprint density at radius 2 is 2.00 bits per heavy atom. The van der Waals surface area contributed by atoms with E-state index < -0.39 is 0 Å². The first-order chi connectivity index (χ1) is 17.1. The highest BCUT2D eigenvalue weighted by molar-refractivity contribution is 7.17. The predicted octanol–water partition coefficient (Wildman–Crippen LogP) is 4.58. The Hall–Kier alpha value is -3.65. The summed E-state index contributed by atoms with van der Waals surface area (Å²) in [5, 5.41) is 5.06. The number of carbonyl (C=O) groups excluding carboxylic acids is 1. The first-order valence-corrected chi connectivity index (χ1v) is 12.8. The number of nitrogens with one attached hydrogen (secondary N) is 2. The summed E-state index contributed by atoms with van der Waals surface area (Å²) in [7, 11) is 0. The van der Waals surface area contributed by atoms with Crippen molar-refractivity contribution in [1.82, 2.24) is 15.3 Å². The number of benzene rings is 2. The Labute approximate surface area is 207 Å². The van der Waals surface area contributed by atoms with Crippen LogP contribution in [0.4, 0.5) is 5.95 Å². The van der Waals surface area contributed by atoms with Gasteiger partial charge < -0.3 is 15.0 Å². The minimum atomic E-state index is -0.180. The fourth-order valence-corrected chi connectivity index (χ4v) is 5.45. The summed E-state index contributed by atoms with van der Waals surface area (Å²) < 4.78 is 6.29. The number of ether oxygens (including phenoxy) is 1. The van der Waals surface area contributed by atoms with Gasteiger partial charge in [-0.15, -0.1) is 11.3 Å². The number of aromatic nitrogens is 2. The standard InChI is InChI=1S/C27H28N4O3S/c1-2-34-22-13-7-6-11-19(22)15-28-25(32)20-12-8-14-31(16-20)27-29-23-21(18-9-4-3-5-10-18)17-35-24(23)26(33)30-27/h3-7,9-11,13,17,20H,2,8,12,14-16H2,1H3,(H,28,32)(H,29,30,33). The molecule has 0 aliphatic carbocycles. The molecule has 7 nitrogen and oxygen atoms in total. The molecule has 180 valence electrons. The molecule has 1 aliphatic heterocycles. The molecule has 1 unspecified atom stereocenters. The molecule has 1 aliphatic rings. The minimum Gasteiger partial charge on any atom is -0.494 e. The molecular weight excluding hydrogens is 460 g/mol. The van der Waals surface area contributed by atoms with Crippen molar-refractivity contribution in [1.29, 1.82) is 0 Å². The lowest BCUT2D eigenvalue weighted by Gasteiger charge is -2.32. The summed E-state index contributed by atoms with van der Waals surface area (Å²) in [5.41, 5.74) is 3.51. The van der Waals surface area contributed by atoms with Crippen LogP contribution in [0, 0.1) is 5.92 Å². The molecule has 0 spiro atoms. The van der Waals surface area contributed by atoms with E-state index in [0.29, 0.717) is 35.9 Å². The fraction of sp³-hybridized carbons (Fsp3) is 0.296. The fourth-order valence-electron chi connectivity index (χ4n) is 4.54. The Balaban J connectivity index is 1.33. The Morgan fingerprint density at radius 3 is 2.83 bits per heavy atom. The smallest absolute Gasteiger partial charge is 0.270 e. The molecule has 2 aromatic carbocycles. The number of carbonyl (C=O) groups is 1. The van der Waals surface area contributed by atoms with E-state index in [0.717, 1.165) is 41.8 Å². The molecule has 0 bridgehead atoms. The zero-order chi connectivity index (χ0) is 24.2. The molecule has 35 heavy (non-hydrogen) atoms. The molecule has 0 saturated carbocycles. The summed E-state index contributed by atoms with van der Waals surface area (Å²) in [4.78, 5) is 35.7. The Morgan fingerprint density at radius 1 is 1.20 bits per heavy atom. The van der Waals surface area contributed by atoms with Gasteiger partial charge >= 0.3 is 0 Å². The molecule has 1 fully saturated rings. The van der Waals surface area contributed by atoms with E-state index in [1.165, 1.54) is 11.3 Å². The third-order valence-electron chi connectivity index (χ3n) is 6.32. The van der Waals surface area contributed by atoms with Crippen molar-refractivity contribution in [2.75, 3.05) is 24.6 Å². The van der Waals surface area contributed by atoms with Gasteiger partial charge in [-0.1, -0.05) is 48.5 Å². The van der Waals surface area contributed by atoms with Crippen molar-refractivity contribution in [2.45, 2.75) is 26.3 Å². The van der Waals surface area contributed by atoms with Gasteiger partial charge in [-0.05, 0) is 31.4 Å². The second-order valence-corrected chi connectivity index (χ2v) is 9.51. The van der Waals surface area contributed by atoms with E-state index >= 15 is 0 Å². The number of hydrogen-bond donors (Lipinski definition) is 2. The number of fused-ring (bicyclic) bond motifs is 1. The summed E-state index contributed by atoms with van der Waals surface area (Å²) in [5.74, 6) is 1.14. The molecule has 1 amide bonds. The van der Waals surface area contributed by atoms with Gasteiger partial charge in [0.25, 0.3) is 5.56 Å². The number of para-hydroxylation sites is 1. The highest BCUT2D eigenvalue weighted by Gasteiger charge is 2.27. The quantitative estimate of drug-likeness (QED) is 0.398. The van der Waals surface area contributed by atoms with Gasteiger partial charge in [0.2, 0.25) is 11.9 Å². The number of rotatable bonds is 7. The maximum atomic E-state index is 13.0. The predicted molar refractivity (Wildman–Crippen MR) is 140 cm³/mol. The number of nitrogens with zero attached hydrogens (tertiary/aromatic N) is 2. The monoisotopic (exact) mass is 488 g/mol. The maximum Gasteiger partial charge on any atom is 0.270 e. The number of thiophene rings is 1. The Bertz CT molecular complexity index is 1380. The van der Waals surface area contributed by atoms with Gasteiger partial charge in [-0.25, -0.2) is 4.98 Å². The average molecular weight is 489 g/mol. The molecule has 0 radical (unpaired) electrons. The number of aromatic amines is 1. The van der Waals surface area contributed by atoms with Crippen molar-refractivity contribution in [2.24, 2.45) is 5.92 Å². The first-order valence-electron chi connectivity index (χ1n) is 11.9. The van der Waals surface area contributed by atoms with Crippen molar-refractivity contribution in [3.63, 3.8) is 0 Å². The SMILES string of the molecule is CCOc1ccccc1CNC(=O)C1CCCN(c2nc3c(-c4ccccc4)csc3c(=O)[nH]2)C1. The zero-order valence-corrected chi connectivity index (χ0v) is 20.4. The molecule has 3 heterocycles. The highest BCUT2D eigenvalue weighted by atomic mass is 32.1. The lowest BCUT2D eigenvalue weighted by atomic mass is 9.97. The van der Waals surface area contributed by atoms with E-state index in [2.05, 4.69) is 10.3 Å². The molecule has 8 heteroatoms. The van der Waals surface area contributed by atoms with Gasteiger partial charge in [-0.2, -0.15) is 0 Å². The van der Waals surface area contributed by atoms with E-state index in [-0.39, 0.29) is 17.4 Å². The molecule has 1 atom stereocenters. The van der Waals surface area contributed by atoms with Crippen LogP contribution >= 0.6 is 11.3 Å². The van der Waals surface area contributed by atoms with E-state index in [1.54, 1.807) is 0 Å². The van der Waals surface area contributed by atoms with Crippen LogP contribution in [0.15, 0.2) is 64.8 Å². The van der Waals surface area contributed by atoms with Gasteiger partial charge in [0.05, 0.1) is 18.0 Å². The van der Waals surface area contributed by atoms with Crippen LogP contribution in [0.5, 0.6) is 5.75 Å². The normalized spacial score (nSPS) is 15.8. The van der Waals surface area contributed by atoms with Crippen LogP contribution < -0.4 is 20.5 Å². The molecular formula is C27H28N4O3S. The van der Waals surface area contributed by atoms with Crippen LogP contribution in [-0.2, 0) is 11.3 Å². The van der Waals surface area contributed by atoms with Crippen LogP contribution in [-0.4, -0.2) is 35.6 Å². The van der Waals surface area contributed by atoms with Crippen LogP contribution in [0.25, 0.3) is 21.3 Å². The summed E-state index contributed by atoms with van der Waals surface area (Å²) in [6.45, 7) is 4.20. The van der Waals surface area contributed by atoms with Crippen molar-refractivity contribution in [3.05, 3.63) is 75.9 Å². The summed E-state index contributed by atoms with van der Waals surface area (Å²) in [6, 6.07) is 17.7. The second kappa shape index (κ2) is 10.3. The lowest BCUT2D eigenvalue weighted by molar-refractivity contribution is -0.125. The minimum absolute atomic E-state index is 0.00457. The van der Waals surface area contributed by atoms with Gasteiger partial charge in [0, 0.05) is 36.1 Å². The topological polar surface area (TPSA) is 87.3 Å². The molecule has 2 N–H and O–H groups in total. The number of H-pyrrole nitrogens is 1. The highest BCUT2D eigenvalue weighted by Crippen LogP contribution is 2.32. The van der Waals surface area contributed by atoms with Gasteiger partial charge in [-0.3, -0.25) is 14.6 Å². The number of hydrogen-bond acceptors (Lipinski definition) is 6. The average Bonchev–Trinajstić information content (AvgIpc) is 3.33. The third-order valence-corrected chi connectivity index (χ3v) is 7.28. The Kier molecular flexibility index (Phi) is 6.81. The van der Waals surface area contributed by atoms with E-state index in [9.17, 15) is 9.59 Å². The molecule has 2 aromatic heterocycles. The summed E-state index contributed by atoms with van der Waals surface area (Å²) >= 11 is 1.41. The maximum absolute atomic E-state index is 13.0. The zero-order valence-electron chi connectivity index (χ0n) is 19.6. The van der Waals surface area contributed by atoms with Crippen molar-refractivity contribution < 1.29 is 9.53 Å². The number of piperidine rings is 1.